The molecular formula is C17H17BrClN. The number of halogens is 2. The van der Waals surface area contributed by atoms with Gasteiger partial charge in [-0.15, -0.1) is 0 Å². The molecule has 1 unspecified atom stereocenters. The molecule has 3 rings (SSSR count). The second-order valence-electron chi connectivity index (χ2n) is 5.29. The van der Waals surface area contributed by atoms with Gasteiger partial charge in [-0.2, -0.15) is 0 Å². The zero-order valence-electron chi connectivity index (χ0n) is 11.2. The van der Waals surface area contributed by atoms with E-state index in [0.29, 0.717) is 5.92 Å². The lowest BCUT2D eigenvalue weighted by atomic mass is 9.83. The first-order valence-corrected chi connectivity index (χ1v) is 8.18. The van der Waals surface area contributed by atoms with Crippen LogP contribution in [0.4, 0.5) is 5.69 Å². The van der Waals surface area contributed by atoms with Crippen molar-refractivity contribution in [1.82, 2.24) is 0 Å². The Labute approximate surface area is 133 Å². The predicted octanol–water partition coefficient (Wildman–Crippen LogP) is 5.63. The Morgan fingerprint density at radius 2 is 2.05 bits per heavy atom. The van der Waals surface area contributed by atoms with Crippen LogP contribution >= 0.6 is 27.5 Å². The number of benzene rings is 2. The van der Waals surface area contributed by atoms with Gasteiger partial charge in [0.25, 0.3) is 0 Å². The summed E-state index contributed by atoms with van der Waals surface area (Å²) in [7, 11) is 0. The van der Waals surface area contributed by atoms with Crippen LogP contribution in [-0.4, -0.2) is 6.54 Å². The maximum absolute atomic E-state index is 6.06. The van der Waals surface area contributed by atoms with Crippen molar-refractivity contribution in [2.45, 2.75) is 25.2 Å². The maximum atomic E-state index is 6.06. The molecule has 104 valence electrons. The van der Waals surface area contributed by atoms with E-state index in [-0.39, 0.29) is 0 Å². The normalized spacial score (nSPS) is 17.6. The summed E-state index contributed by atoms with van der Waals surface area (Å²) in [4.78, 5) is 0. The van der Waals surface area contributed by atoms with Crippen LogP contribution in [0, 0.1) is 0 Å². The lowest BCUT2D eigenvalue weighted by Gasteiger charge is -2.26. The molecule has 0 amide bonds. The SMILES string of the molecule is Clc1ccc(Br)c(NCC2CCCc3ccccc32)c1. The molecule has 0 aromatic heterocycles. The highest BCUT2D eigenvalue weighted by Crippen LogP contribution is 2.33. The zero-order valence-corrected chi connectivity index (χ0v) is 13.5. The highest BCUT2D eigenvalue weighted by Gasteiger charge is 2.19. The van der Waals surface area contributed by atoms with Gasteiger partial charge < -0.3 is 5.32 Å². The minimum atomic E-state index is 0.589. The van der Waals surface area contributed by atoms with Crippen molar-refractivity contribution < 1.29 is 0 Å². The van der Waals surface area contributed by atoms with Crippen molar-refractivity contribution in [3.05, 3.63) is 63.1 Å². The minimum absolute atomic E-state index is 0.589. The predicted molar refractivity (Wildman–Crippen MR) is 89.8 cm³/mol. The van der Waals surface area contributed by atoms with Crippen LogP contribution in [0.1, 0.15) is 29.9 Å². The molecule has 1 nitrogen and oxygen atoms in total. The fraction of sp³-hybridized carbons (Fsp3) is 0.294. The summed E-state index contributed by atoms with van der Waals surface area (Å²) in [5.41, 5.74) is 4.08. The van der Waals surface area contributed by atoms with E-state index in [9.17, 15) is 0 Å². The number of hydrogen-bond acceptors (Lipinski definition) is 1. The molecule has 1 aliphatic rings. The topological polar surface area (TPSA) is 12.0 Å². The number of aryl methyl sites for hydroxylation is 1. The number of anilines is 1. The third kappa shape index (κ3) is 3.02. The van der Waals surface area contributed by atoms with Crippen molar-refractivity contribution in [2.75, 3.05) is 11.9 Å². The van der Waals surface area contributed by atoms with Gasteiger partial charge in [-0.05, 0) is 64.5 Å². The molecule has 3 heteroatoms. The highest BCUT2D eigenvalue weighted by molar-refractivity contribution is 9.10. The van der Waals surface area contributed by atoms with E-state index in [2.05, 4.69) is 45.5 Å². The molecule has 1 atom stereocenters. The molecule has 0 aliphatic heterocycles. The van der Waals surface area contributed by atoms with Gasteiger partial charge >= 0.3 is 0 Å². The van der Waals surface area contributed by atoms with E-state index in [4.69, 9.17) is 11.6 Å². The van der Waals surface area contributed by atoms with E-state index >= 15 is 0 Å². The Hall–Kier alpha value is -0.990. The first kappa shape index (κ1) is 14.0. The van der Waals surface area contributed by atoms with Gasteiger partial charge in [0.15, 0.2) is 0 Å². The lowest BCUT2D eigenvalue weighted by Crippen LogP contribution is -2.18. The first-order valence-electron chi connectivity index (χ1n) is 7.01. The van der Waals surface area contributed by atoms with Gasteiger partial charge in [0.05, 0.1) is 0 Å². The quantitative estimate of drug-likeness (QED) is 0.756. The van der Waals surface area contributed by atoms with Crippen LogP contribution in [0.25, 0.3) is 0 Å². The summed E-state index contributed by atoms with van der Waals surface area (Å²) < 4.78 is 1.06. The van der Waals surface area contributed by atoms with Crippen LogP contribution in [0.15, 0.2) is 46.9 Å². The van der Waals surface area contributed by atoms with Crippen molar-refractivity contribution >= 4 is 33.2 Å². The van der Waals surface area contributed by atoms with Gasteiger partial charge in [0, 0.05) is 27.6 Å². The van der Waals surface area contributed by atoms with Crippen LogP contribution < -0.4 is 5.32 Å². The van der Waals surface area contributed by atoms with Crippen LogP contribution in [0.5, 0.6) is 0 Å². The van der Waals surface area contributed by atoms with E-state index in [1.54, 1.807) is 0 Å². The van der Waals surface area contributed by atoms with Crippen molar-refractivity contribution in [3.8, 4) is 0 Å². The van der Waals surface area contributed by atoms with Crippen LogP contribution in [-0.2, 0) is 6.42 Å². The molecule has 0 radical (unpaired) electrons. The summed E-state index contributed by atoms with van der Waals surface area (Å²) in [5.74, 6) is 0.589. The third-order valence-corrected chi connectivity index (χ3v) is 4.89. The zero-order chi connectivity index (χ0) is 13.9. The van der Waals surface area contributed by atoms with E-state index in [0.717, 1.165) is 21.7 Å². The number of hydrogen-bond donors (Lipinski definition) is 1. The minimum Gasteiger partial charge on any atom is -0.383 e. The van der Waals surface area contributed by atoms with Gasteiger partial charge in [-0.3, -0.25) is 0 Å². The molecule has 0 spiro atoms. The van der Waals surface area contributed by atoms with E-state index in [1.807, 2.05) is 18.2 Å². The molecule has 1 N–H and O–H groups in total. The maximum Gasteiger partial charge on any atom is 0.0499 e. The Bertz CT molecular complexity index is 612. The monoisotopic (exact) mass is 349 g/mol. The standard InChI is InChI=1S/C17H17BrClN/c18-16-9-8-14(19)10-17(16)20-11-13-6-3-5-12-4-1-2-7-15(12)13/h1-2,4,7-10,13,20H,3,5-6,11H2. The van der Waals surface area contributed by atoms with Crippen molar-refractivity contribution in [1.29, 1.82) is 0 Å². The molecule has 0 saturated heterocycles. The van der Waals surface area contributed by atoms with Crippen molar-refractivity contribution in [3.63, 3.8) is 0 Å². The molecule has 1 aliphatic carbocycles. The fourth-order valence-corrected chi connectivity index (χ4v) is 3.49. The second-order valence-corrected chi connectivity index (χ2v) is 6.58. The Balaban J connectivity index is 1.75. The van der Waals surface area contributed by atoms with Crippen LogP contribution in [0.3, 0.4) is 0 Å². The largest absolute Gasteiger partial charge is 0.383 e. The third-order valence-electron chi connectivity index (χ3n) is 3.96. The van der Waals surface area contributed by atoms with Gasteiger partial charge in [-0.1, -0.05) is 35.9 Å². The summed E-state index contributed by atoms with van der Waals surface area (Å²) in [6.07, 6.45) is 3.75. The van der Waals surface area contributed by atoms with Crippen molar-refractivity contribution in [2.24, 2.45) is 0 Å². The molecule has 0 fully saturated rings. The number of rotatable bonds is 3. The number of nitrogens with one attached hydrogen (secondary N) is 1. The number of fused-ring (bicyclic) bond motifs is 1. The fourth-order valence-electron chi connectivity index (χ4n) is 2.93. The van der Waals surface area contributed by atoms with Gasteiger partial charge in [0.1, 0.15) is 0 Å². The van der Waals surface area contributed by atoms with Crippen LogP contribution in [0.2, 0.25) is 5.02 Å². The average molecular weight is 351 g/mol. The Kier molecular flexibility index (Phi) is 4.32. The van der Waals surface area contributed by atoms with E-state index in [1.165, 1.54) is 30.4 Å². The molecule has 0 saturated carbocycles. The molecule has 2 aromatic rings. The first-order chi connectivity index (χ1) is 9.74. The summed E-state index contributed by atoms with van der Waals surface area (Å²) >= 11 is 9.62. The molecular weight excluding hydrogens is 334 g/mol. The summed E-state index contributed by atoms with van der Waals surface area (Å²) in [6, 6.07) is 14.7. The highest BCUT2D eigenvalue weighted by atomic mass is 79.9. The Morgan fingerprint density at radius 1 is 1.20 bits per heavy atom. The molecule has 0 bridgehead atoms. The smallest absolute Gasteiger partial charge is 0.0499 e. The Morgan fingerprint density at radius 3 is 2.95 bits per heavy atom. The average Bonchev–Trinajstić information content (AvgIpc) is 2.48. The molecule has 2 aromatic carbocycles. The summed E-state index contributed by atoms with van der Waals surface area (Å²) in [6.45, 7) is 0.954. The molecule has 0 heterocycles. The van der Waals surface area contributed by atoms with Gasteiger partial charge in [-0.25, -0.2) is 0 Å². The summed E-state index contributed by atoms with van der Waals surface area (Å²) in [5, 5.41) is 4.30. The lowest BCUT2D eigenvalue weighted by molar-refractivity contribution is 0.571. The van der Waals surface area contributed by atoms with Gasteiger partial charge in [0.2, 0.25) is 0 Å². The second kappa shape index (κ2) is 6.19. The molecule has 20 heavy (non-hydrogen) atoms. The van der Waals surface area contributed by atoms with E-state index < -0.39 is 0 Å².